The number of hydrogen-bond acceptors (Lipinski definition) is 4. The zero-order chi connectivity index (χ0) is 8.69. The number of nitrogens with zero attached hydrogens (tertiary/aromatic N) is 1. The van der Waals surface area contributed by atoms with Crippen LogP contribution in [0.15, 0.2) is 5.10 Å². The van der Waals surface area contributed by atoms with E-state index in [1.165, 1.54) is 6.92 Å². The van der Waals surface area contributed by atoms with Crippen LogP contribution in [0.2, 0.25) is 0 Å². The highest BCUT2D eigenvalue weighted by Gasteiger charge is 1.96. The number of hydrogen-bond donors (Lipinski definition) is 4. The zero-order valence-corrected chi connectivity index (χ0v) is 6.64. The summed E-state index contributed by atoms with van der Waals surface area (Å²) < 4.78 is 0. The van der Waals surface area contributed by atoms with Crippen molar-refractivity contribution in [3.8, 4) is 0 Å². The van der Waals surface area contributed by atoms with Gasteiger partial charge in [-0.1, -0.05) is 0 Å². The lowest BCUT2D eigenvalue weighted by molar-refractivity contribution is -0.118. The zero-order valence-electron chi connectivity index (χ0n) is 6.64. The number of carbonyl (C=O) groups excluding carboxylic acids is 1. The van der Waals surface area contributed by atoms with Gasteiger partial charge in [-0.15, -0.1) is 0 Å². The number of nitrogens with two attached hydrogens (primary N) is 1. The molecule has 0 unspecified atom stereocenters. The van der Waals surface area contributed by atoms with E-state index in [4.69, 9.17) is 5.84 Å². The standard InChI is InChI=1S/C5H13N5O/c1-4(11)8-3-5(9-6)10-7-2/h7H,3,6H2,1-2H3,(H,8,11)(H,9,10). The van der Waals surface area contributed by atoms with Crippen LogP contribution in [-0.4, -0.2) is 25.3 Å². The monoisotopic (exact) mass is 159 g/mol. The lowest BCUT2D eigenvalue weighted by atomic mass is 10.5. The first-order chi connectivity index (χ1) is 5.20. The SMILES string of the molecule is CNNC(CNC(C)=O)=NN. The van der Waals surface area contributed by atoms with Gasteiger partial charge >= 0.3 is 0 Å². The molecule has 0 aliphatic rings. The Morgan fingerprint density at radius 1 is 1.64 bits per heavy atom. The van der Waals surface area contributed by atoms with E-state index in [1.54, 1.807) is 7.05 Å². The molecule has 0 aromatic carbocycles. The fourth-order valence-electron chi connectivity index (χ4n) is 0.475. The Kier molecular flexibility index (Phi) is 4.83. The molecule has 5 N–H and O–H groups in total. The van der Waals surface area contributed by atoms with E-state index in [9.17, 15) is 4.79 Å². The quantitative estimate of drug-likeness (QED) is 0.168. The van der Waals surface area contributed by atoms with Crippen LogP contribution in [0.1, 0.15) is 6.92 Å². The molecule has 0 saturated carbocycles. The Balaban J connectivity index is 3.62. The van der Waals surface area contributed by atoms with Gasteiger partial charge in [0.25, 0.3) is 0 Å². The van der Waals surface area contributed by atoms with Crippen LogP contribution in [0.4, 0.5) is 0 Å². The van der Waals surface area contributed by atoms with Crippen LogP contribution in [0.25, 0.3) is 0 Å². The molecular weight excluding hydrogens is 146 g/mol. The Hall–Kier alpha value is -1.30. The van der Waals surface area contributed by atoms with E-state index in [-0.39, 0.29) is 5.91 Å². The number of amides is 1. The average Bonchev–Trinajstić information content (AvgIpc) is 1.97. The molecule has 0 atom stereocenters. The molecule has 6 heteroatoms. The summed E-state index contributed by atoms with van der Waals surface area (Å²) in [5.41, 5.74) is 5.28. The summed E-state index contributed by atoms with van der Waals surface area (Å²) >= 11 is 0. The van der Waals surface area contributed by atoms with Gasteiger partial charge in [-0.2, -0.15) is 5.10 Å². The highest BCUT2D eigenvalue weighted by atomic mass is 16.1. The second-order valence-corrected chi connectivity index (χ2v) is 1.86. The van der Waals surface area contributed by atoms with Crippen LogP contribution >= 0.6 is 0 Å². The minimum absolute atomic E-state index is 0.121. The van der Waals surface area contributed by atoms with Gasteiger partial charge in [0, 0.05) is 14.0 Å². The van der Waals surface area contributed by atoms with Gasteiger partial charge in [0.1, 0.15) is 0 Å². The van der Waals surface area contributed by atoms with Crippen molar-refractivity contribution in [2.45, 2.75) is 6.92 Å². The Morgan fingerprint density at radius 3 is 2.64 bits per heavy atom. The van der Waals surface area contributed by atoms with Crippen molar-refractivity contribution in [2.75, 3.05) is 13.6 Å². The van der Waals surface area contributed by atoms with Gasteiger partial charge < -0.3 is 16.6 Å². The normalized spacial score (nSPS) is 10.9. The van der Waals surface area contributed by atoms with E-state index in [2.05, 4.69) is 21.3 Å². The van der Waals surface area contributed by atoms with Gasteiger partial charge in [-0.25, -0.2) is 5.43 Å². The second-order valence-electron chi connectivity index (χ2n) is 1.86. The molecule has 11 heavy (non-hydrogen) atoms. The van der Waals surface area contributed by atoms with Gasteiger partial charge in [0.05, 0.1) is 6.54 Å². The lowest BCUT2D eigenvalue weighted by Gasteiger charge is -2.06. The maximum atomic E-state index is 10.4. The Labute approximate surface area is 65.2 Å². The van der Waals surface area contributed by atoms with Crippen LogP contribution in [0, 0.1) is 0 Å². The predicted octanol–water partition coefficient (Wildman–Crippen LogP) is -1.88. The second kappa shape index (κ2) is 5.48. The first-order valence-electron chi connectivity index (χ1n) is 3.14. The molecule has 0 heterocycles. The maximum absolute atomic E-state index is 10.4. The first kappa shape index (κ1) is 9.70. The summed E-state index contributed by atoms with van der Waals surface area (Å²) in [6, 6.07) is 0. The molecule has 1 amide bonds. The third-order valence-corrected chi connectivity index (χ3v) is 0.930. The lowest BCUT2D eigenvalue weighted by Crippen LogP contribution is -2.42. The number of hydrazone groups is 1. The van der Waals surface area contributed by atoms with Crippen molar-refractivity contribution < 1.29 is 4.79 Å². The van der Waals surface area contributed by atoms with Gasteiger partial charge in [0.15, 0.2) is 5.84 Å². The molecule has 0 aromatic heterocycles. The highest BCUT2D eigenvalue weighted by molar-refractivity contribution is 5.87. The fraction of sp³-hybridized carbons (Fsp3) is 0.600. The molecule has 0 aliphatic carbocycles. The third kappa shape index (κ3) is 5.16. The Bertz CT molecular complexity index is 155. The van der Waals surface area contributed by atoms with Crippen molar-refractivity contribution >= 4 is 11.7 Å². The summed E-state index contributed by atoms with van der Waals surface area (Å²) in [7, 11) is 1.68. The molecule has 0 fully saturated rings. The Morgan fingerprint density at radius 2 is 2.27 bits per heavy atom. The summed E-state index contributed by atoms with van der Waals surface area (Å²) in [4.78, 5) is 10.4. The predicted molar refractivity (Wildman–Crippen MR) is 42.5 cm³/mol. The van der Waals surface area contributed by atoms with Gasteiger partial charge in [-0.3, -0.25) is 4.79 Å². The molecule has 0 spiro atoms. The van der Waals surface area contributed by atoms with Crippen LogP contribution in [0.5, 0.6) is 0 Å². The summed E-state index contributed by atoms with van der Waals surface area (Å²) in [5, 5.41) is 5.91. The van der Waals surface area contributed by atoms with Crippen molar-refractivity contribution in [1.29, 1.82) is 0 Å². The average molecular weight is 159 g/mol. The largest absolute Gasteiger partial charge is 0.349 e. The topological polar surface area (TPSA) is 91.5 Å². The van der Waals surface area contributed by atoms with Crippen LogP contribution < -0.4 is 22.0 Å². The molecule has 0 bridgehead atoms. The molecule has 64 valence electrons. The molecule has 0 aliphatic heterocycles. The van der Waals surface area contributed by atoms with Crippen molar-refractivity contribution in [2.24, 2.45) is 10.9 Å². The van der Waals surface area contributed by atoms with Gasteiger partial charge in [-0.05, 0) is 0 Å². The van der Waals surface area contributed by atoms with E-state index < -0.39 is 0 Å². The number of carbonyl (C=O) groups is 1. The summed E-state index contributed by atoms with van der Waals surface area (Å²) in [6.07, 6.45) is 0. The molecular formula is C5H13N5O. The van der Waals surface area contributed by atoms with Crippen molar-refractivity contribution in [1.82, 2.24) is 16.2 Å². The maximum Gasteiger partial charge on any atom is 0.217 e. The van der Waals surface area contributed by atoms with E-state index >= 15 is 0 Å². The molecule has 0 radical (unpaired) electrons. The third-order valence-electron chi connectivity index (χ3n) is 0.930. The highest BCUT2D eigenvalue weighted by Crippen LogP contribution is 1.65. The number of amidine groups is 1. The minimum Gasteiger partial charge on any atom is -0.349 e. The smallest absolute Gasteiger partial charge is 0.217 e. The molecule has 0 saturated heterocycles. The van der Waals surface area contributed by atoms with Crippen molar-refractivity contribution in [3.63, 3.8) is 0 Å². The molecule has 0 rings (SSSR count). The van der Waals surface area contributed by atoms with Gasteiger partial charge in [0.2, 0.25) is 5.91 Å². The molecule has 0 aromatic rings. The van der Waals surface area contributed by atoms with Crippen LogP contribution in [0.3, 0.4) is 0 Å². The minimum atomic E-state index is -0.121. The van der Waals surface area contributed by atoms with Crippen LogP contribution in [-0.2, 0) is 4.79 Å². The number of nitrogens with one attached hydrogen (secondary N) is 3. The summed E-state index contributed by atoms with van der Waals surface area (Å²) in [5.74, 6) is 5.33. The van der Waals surface area contributed by atoms with E-state index in [0.717, 1.165) is 0 Å². The van der Waals surface area contributed by atoms with E-state index in [1.807, 2.05) is 0 Å². The van der Waals surface area contributed by atoms with Crippen molar-refractivity contribution in [3.05, 3.63) is 0 Å². The summed E-state index contributed by atoms with van der Waals surface area (Å²) in [6.45, 7) is 1.72. The number of hydrazine groups is 1. The number of rotatable bonds is 3. The molecule has 6 nitrogen and oxygen atoms in total. The fourth-order valence-corrected chi connectivity index (χ4v) is 0.475. The van der Waals surface area contributed by atoms with E-state index in [0.29, 0.717) is 12.4 Å². The first-order valence-corrected chi connectivity index (χ1v) is 3.14.